The quantitative estimate of drug-likeness (QED) is 0.456. The van der Waals surface area contributed by atoms with E-state index in [1.165, 1.54) is 23.2 Å². The van der Waals surface area contributed by atoms with Crippen LogP contribution in [-0.4, -0.2) is 75.7 Å². The molecule has 4 amide bonds. The number of fused-ring (bicyclic) bond motifs is 1. The molecule has 2 fully saturated rings. The Kier molecular flexibility index (Phi) is 8.11. The van der Waals surface area contributed by atoms with E-state index in [2.05, 4.69) is 10.6 Å². The van der Waals surface area contributed by atoms with Crippen molar-refractivity contribution in [2.24, 2.45) is 0 Å². The number of carboxylic acid groups (broad SMARTS) is 1. The van der Waals surface area contributed by atoms with Crippen LogP contribution in [0.25, 0.3) is 0 Å². The van der Waals surface area contributed by atoms with Gasteiger partial charge in [-0.3, -0.25) is 29.0 Å². The van der Waals surface area contributed by atoms with Crippen LogP contribution < -0.4 is 10.6 Å². The van der Waals surface area contributed by atoms with Gasteiger partial charge in [0, 0.05) is 18.5 Å². The molecule has 1 aromatic carbocycles. The molecular weight excluding hydrogens is 491 g/mol. The van der Waals surface area contributed by atoms with Gasteiger partial charge in [-0.1, -0.05) is 23.2 Å². The molecular formula is C21H22Cl2N4O7. The Bertz CT molecular complexity index is 1030. The van der Waals surface area contributed by atoms with E-state index in [1.54, 1.807) is 0 Å². The van der Waals surface area contributed by atoms with E-state index in [0.717, 1.165) is 5.01 Å². The highest BCUT2D eigenvalue weighted by molar-refractivity contribution is 6.42. The number of carbonyl (C=O) groups is 6. The molecule has 0 aliphatic carbocycles. The van der Waals surface area contributed by atoms with Crippen LogP contribution in [0.1, 0.15) is 42.5 Å². The largest absolute Gasteiger partial charge is 0.481 e. The maximum atomic E-state index is 13.4. The monoisotopic (exact) mass is 512 g/mol. The van der Waals surface area contributed by atoms with Gasteiger partial charge in [0.15, 0.2) is 0 Å². The molecule has 2 saturated heterocycles. The fourth-order valence-electron chi connectivity index (χ4n) is 3.89. The summed E-state index contributed by atoms with van der Waals surface area (Å²) in [5.41, 5.74) is 0.157. The third-order valence-electron chi connectivity index (χ3n) is 5.54. The van der Waals surface area contributed by atoms with Gasteiger partial charge >= 0.3 is 5.97 Å². The van der Waals surface area contributed by atoms with E-state index in [9.17, 15) is 28.8 Å². The number of carbonyl (C=O) groups excluding carboxylic acids is 5. The summed E-state index contributed by atoms with van der Waals surface area (Å²) in [5.74, 6) is -3.72. The number of carboxylic acids is 1. The summed E-state index contributed by atoms with van der Waals surface area (Å²) in [6.07, 6.45) is 0.246. The summed E-state index contributed by atoms with van der Waals surface area (Å²) in [7, 11) is 0. The predicted octanol–water partition coefficient (Wildman–Crippen LogP) is 0.779. The van der Waals surface area contributed by atoms with Gasteiger partial charge in [0.1, 0.15) is 18.4 Å². The molecule has 3 unspecified atom stereocenters. The molecule has 0 aromatic heterocycles. The minimum Gasteiger partial charge on any atom is -0.481 e. The number of amides is 4. The molecule has 34 heavy (non-hydrogen) atoms. The van der Waals surface area contributed by atoms with Crippen molar-refractivity contribution in [3.8, 4) is 0 Å². The molecule has 3 N–H and O–H groups in total. The van der Waals surface area contributed by atoms with E-state index in [4.69, 9.17) is 28.3 Å². The summed E-state index contributed by atoms with van der Waals surface area (Å²) < 4.78 is 0. The van der Waals surface area contributed by atoms with E-state index < -0.39 is 54.1 Å². The predicted molar refractivity (Wildman–Crippen MR) is 119 cm³/mol. The van der Waals surface area contributed by atoms with E-state index in [0.29, 0.717) is 12.7 Å². The fourth-order valence-corrected chi connectivity index (χ4v) is 4.18. The Balaban J connectivity index is 1.82. The molecule has 0 radical (unpaired) electrons. The lowest BCUT2D eigenvalue weighted by molar-refractivity contribution is -0.176. The zero-order valence-electron chi connectivity index (χ0n) is 17.8. The number of aliphatic carboxylic acids is 1. The Morgan fingerprint density at radius 2 is 1.91 bits per heavy atom. The number of hydrogen-bond acceptors (Lipinski definition) is 6. The second-order valence-corrected chi connectivity index (χ2v) is 8.71. The fraction of sp³-hybridized carbons (Fsp3) is 0.429. The number of halogens is 2. The second-order valence-electron chi connectivity index (χ2n) is 7.90. The Morgan fingerprint density at radius 1 is 1.18 bits per heavy atom. The van der Waals surface area contributed by atoms with Gasteiger partial charge in [-0.25, -0.2) is 5.01 Å². The normalized spacial score (nSPS) is 21.2. The van der Waals surface area contributed by atoms with Crippen LogP contribution in [-0.2, 0) is 24.0 Å². The highest BCUT2D eigenvalue weighted by atomic mass is 35.5. The van der Waals surface area contributed by atoms with Crippen LogP contribution >= 0.6 is 23.2 Å². The lowest BCUT2D eigenvalue weighted by Gasteiger charge is -2.43. The summed E-state index contributed by atoms with van der Waals surface area (Å²) in [6.45, 7) is 0.202. The van der Waals surface area contributed by atoms with Crippen LogP contribution in [0.5, 0.6) is 0 Å². The van der Waals surface area contributed by atoms with E-state index >= 15 is 0 Å². The smallest absolute Gasteiger partial charge is 0.305 e. The minimum absolute atomic E-state index is 0.0159. The molecule has 1 aromatic rings. The van der Waals surface area contributed by atoms with Crippen molar-refractivity contribution in [3.63, 3.8) is 0 Å². The van der Waals surface area contributed by atoms with Gasteiger partial charge in [-0.05, 0) is 37.5 Å². The number of rotatable bonds is 7. The Hall–Kier alpha value is -3.18. The van der Waals surface area contributed by atoms with Gasteiger partial charge in [0.25, 0.3) is 11.8 Å². The molecule has 3 rings (SSSR count). The maximum Gasteiger partial charge on any atom is 0.305 e. The summed E-state index contributed by atoms with van der Waals surface area (Å²) in [6, 6.07) is 0.667. The first-order valence-electron chi connectivity index (χ1n) is 10.5. The molecule has 2 heterocycles. The van der Waals surface area contributed by atoms with Crippen molar-refractivity contribution in [3.05, 3.63) is 33.8 Å². The Morgan fingerprint density at radius 3 is 2.56 bits per heavy atom. The first-order valence-corrected chi connectivity index (χ1v) is 11.2. The molecule has 3 atom stereocenters. The van der Waals surface area contributed by atoms with Crippen molar-refractivity contribution in [1.82, 2.24) is 20.7 Å². The van der Waals surface area contributed by atoms with E-state index in [-0.39, 0.29) is 41.4 Å². The van der Waals surface area contributed by atoms with Crippen LogP contribution in [0.2, 0.25) is 10.0 Å². The van der Waals surface area contributed by atoms with Crippen molar-refractivity contribution >= 4 is 59.1 Å². The maximum absolute atomic E-state index is 13.4. The average Bonchev–Trinajstić information content (AvgIpc) is 2.92. The third kappa shape index (κ3) is 5.65. The van der Waals surface area contributed by atoms with Crippen LogP contribution in [0.4, 0.5) is 0 Å². The first kappa shape index (κ1) is 25.4. The molecule has 0 saturated carbocycles. The third-order valence-corrected chi connectivity index (χ3v) is 6.28. The molecule has 2 aliphatic heterocycles. The van der Waals surface area contributed by atoms with Crippen LogP contribution in [0, 0.1) is 0 Å². The highest BCUT2D eigenvalue weighted by Crippen LogP contribution is 2.26. The molecule has 13 heteroatoms. The van der Waals surface area contributed by atoms with Crippen molar-refractivity contribution < 1.29 is 33.9 Å². The topological polar surface area (TPSA) is 153 Å². The van der Waals surface area contributed by atoms with E-state index in [1.807, 2.05) is 0 Å². The highest BCUT2D eigenvalue weighted by Gasteiger charge is 2.45. The number of hydrazine groups is 1. The van der Waals surface area contributed by atoms with Crippen LogP contribution in [0.3, 0.4) is 0 Å². The molecule has 11 nitrogen and oxygen atoms in total. The molecule has 182 valence electrons. The lowest BCUT2D eigenvalue weighted by atomic mass is 10.0. The van der Waals surface area contributed by atoms with Gasteiger partial charge in [-0.15, -0.1) is 0 Å². The van der Waals surface area contributed by atoms with Gasteiger partial charge in [0.05, 0.1) is 22.5 Å². The zero-order chi connectivity index (χ0) is 25.0. The average molecular weight is 513 g/mol. The standard InChI is InChI=1S/C21H22Cl2N4O7/c22-13-4-3-11(8-14(13)23)19(32)25-15-5-6-17(29)26-7-1-2-16(27(26)21(15)34)20(33)24-12(10-28)9-18(30)31/h3-4,8,10,12,15-16H,1-2,5-7,9H2,(H,24,33)(H,25,32)(H,30,31). The second kappa shape index (κ2) is 10.8. The number of nitrogens with zero attached hydrogens (tertiary/aromatic N) is 2. The van der Waals surface area contributed by atoms with Gasteiger partial charge < -0.3 is 20.5 Å². The van der Waals surface area contributed by atoms with Crippen molar-refractivity contribution in [1.29, 1.82) is 0 Å². The summed E-state index contributed by atoms with van der Waals surface area (Å²) >= 11 is 11.8. The Labute approximate surface area is 204 Å². The number of nitrogens with one attached hydrogen (secondary N) is 2. The molecule has 2 aliphatic rings. The number of aldehydes is 1. The summed E-state index contributed by atoms with van der Waals surface area (Å²) in [5, 5.41) is 16.4. The molecule has 0 spiro atoms. The van der Waals surface area contributed by atoms with Gasteiger partial charge in [0.2, 0.25) is 11.8 Å². The SMILES string of the molecule is O=CC(CC(=O)O)NC(=O)C1CCCN2C(=O)CCC(NC(=O)c3ccc(Cl)c(Cl)c3)C(=O)N12. The minimum atomic E-state index is -1.29. The van der Waals surface area contributed by atoms with Crippen LogP contribution in [0.15, 0.2) is 18.2 Å². The zero-order valence-corrected chi connectivity index (χ0v) is 19.3. The lowest BCUT2D eigenvalue weighted by Crippen LogP contribution is -2.64. The number of benzene rings is 1. The van der Waals surface area contributed by atoms with Crippen molar-refractivity contribution in [2.75, 3.05) is 6.54 Å². The summed E-state index contributed by atoms with van der Waals surface area (Å²) in [4.78, 5) is 73.8. The van der Waals surface area contributed by atoms with Gasteiger partial charge in [-0.2, -0.15) is 0 Å². The van der Waals surface area contributed by atoms with Crippen molar-refractivity contribution in [2.45, 2.75) is 50.2 Å². The number of hydrogen-bond donors (Lipinski definition) is 3. The first-order chi connectivity index (χ1) is 16.1. The molecule has 0 bridgehead atoms.